The van der Waals surface area contributed by atoms with Crippen molar-refractivity contribution in [1.82, 2.24) is 19.6 Å². The third-order valence-corrected chi connectivity index (χ3v) is 5.99. The molecule has 0 aromatic heterocycles. The number of esters is 4. The van der Waals surface area contributed by atoms with E-state index in [0.29, 0.717) is 91.6 Å². The van der Waals surface area contributed by atoms with Crippen molar-refractivity contribution in [3.63, 3.8) is 0 Å². The predicted molar refractivity (Wildman–Crippen MR) is 142 cm³/mol. The van der Waals surface area contributed by atoms with Gasteiger partial charge in [0.1, 0.15) is 0 Å². The van der Waals surface area contributed by atoms with Crippen molar-refractivity contribution in [1.29, 1.82) is 0 Å². The predicted octanol–water partition coefficient (Wildman–Crippen LogP) is 0.241. The summed E-state index contributed by atoms with van der Waals surface area (Å²) in [6.07, 6.45) is 1.43. The molecule has 0 aromatic rings. The molecule has 0 amide bonds. The van der Waals surface area contributed by atoms with Crippen LogP contribution in [0.5, 0.6) is 0 Å². The summed E-state index contributed by atoms with van der Waals surface area (Å²) >= 11 is 0. The van der Waals surface area contributed by atoms with Gasteiger partial charge in [0.25, 0.3) is 0 Å². The van der Waals surface area contributed by atoms with Gasteiger partial charge in [0.2, 0.25) is 0 Å². The molecular formula is C26H48N4O8. The summed E-state index contributed by atoms with van der Waals surface area (Å²) in [5.41, 5.74) is 0. The standard InChI is InChI=1S/C26H48N4O8/c1-5-35-23(31)19-27-11-9-12-29(21-25(33)37-7-3)17-18-30(22-26(34)38-8-4)14-10-13-28(16-15-27)20-24(32)36-6-2/h5-22H2,1-4H3. The molecule has 1 aliphatic heterocycles. The van der Waals surface area contributed by atoms with Crippen LogP contribution in [0.25, 0.3) is 0 Å². The van der Waals surface area contributed by atoms with Crippen LogP contribution >= 0.6 is 0 Å². The highest BCUT2D eigenvalue weighted by Crippen LogP contribution is 2.05. The van der Waals surface area contributed by atoms with Crippen molar-refractivity contribution in [2.24, 2.45) is 0 Å². The molecule has 220 valence electrons. The first-order valence-electron chi connectivity index (χ1n) is 13.8. The minimum atomic E-state index is -0.288. The zero-order chi connectivity index (χ0) is 28.2. The normalized spacial score (nSPS) is 17.8. The molecule has 0 aliphatic carbocycles. The molecule has 0 atom stereocenters. The Bertz CT molecular complexity index is 595. The lowest BCUT2D eigenvalue weighted by atomic mass is 10.2. The Labute approximate surface area is 227 Å². The van der Waals surface area contributed by atoms with Crippen LogP contribution in [0.3, 0.4) is 0 Å². The SMILES string of the molecule is CCOC(=O)CN1CCCN(CC(=O)OCC)CCN(CC(=O)OCC)CCCN(CC(=O)OCC)CC1. The second kappa shape index (κ2) is 20.7. The molecule has 0 unspecified atom stereocenters. The van der Waals surface area contributed by atoms with E-state index in [1.165, 1.54) is 0 Å². The average Bonchev–Trinajstić information content (AvgIpc) is 2.85. The van der Waals surface area contributed by atoms with E-state index < -0.39 is 0 Å². The highest BCUT2D eigenvalue weighted by Gasteiger charge is 2.20. The molecule has 1 rings (SSSR count). The Hall–Kier alpha value is -2.28. The molecule has 1 fully saturated rings. The summed E-state index contributed by atoms with van der Waals surface area (Å²) in [7, 11) is 0. The van der Waals surface area contributed by atoms with E-state index in [0.717, 1.165) is 0 Å². The molecule has 1 aliphatic rings. The number of ether oxygens (including phenoxy) is 4. The van der Waals surface area contributed by atoms with Crippen LogP contribution in [-0.2, 0) is 38.1 Å². The second-order valence-corrected chi connectivity index (χ2v) is 9.03. The summed E-state index contributed by atoms with van der Waals surface area (Å²) in [6.45, 7) is 13.8. The van der Waals surface area contributed by atoms with E-state index in [2.05, 4.69) is 0 Å². The Balaban J connectivity index is 3.01. The molecule has 0 N–H and O–H groups in total. The van der Waals surface area contributed by atoms with Gasteiger partial charge in [-0.25, -0.2) is 0 Å². The monoisotopic (exact) mass is 544 g/mol. The lowest BCUT2D eigenvalue weighted by Gasteiger charge is -2.31. The Morgan fingerprint density at radius 1 is 0.421 bits per heavy atom. The van der Waals surface area contributed by atoms with Gasteiger partial charge >= 0.3 is 23.9 Å². The number of rotatable bonds is 12. The van der Waals surface area contributed by atoms with Gasteiger partial charge in [0, 0.05) is 52.4 Å². The molecule has 12 nitrogen and oxygen atoms in total. The zero-order valence-electron chi connectivity index (χ0n) is 23.8. The smallest absolute Gasteiger partial charge is 0.320 e. The van der Waals surface area contributed by atoms with Gasteiger partial charge in [-0.3, -0.25) is 38.8 Å². The van der Waals surface area contributed by atoms with E-state index >= 15 is 0 Å². The van der Waals surface area contributed by atoms with Crippen LogP contribution < -0.4 is 0 Å². The van der Waals surface area contributed by atoms with Gasteiger partial charge in [-0.05, 0) is 40.5 Å². The zero-order valence-corrected chi connectivity index (χ0v) is 23.8. The van der Waals surface area contributed by atoms with Gasteiger partial charge < -0.3 is 18.9 Å². The topological polar surface area (TPSA) is 118 Å². The molecule has 0 bridgehead atoms. The number of nitrogens with zero attached hydrogens (tertiary/aromatic N) is 4. The van der Waals surface area contributed by atoms with Crippen LogP contribution in [0, 0.1) is 0 Å². The Kier molecular flexibility index (Phi) is 18.3. The highest BCUT2D eigenvalue weighted by molar-refractivity contribution is 5.72. The molecule has 1 heterocycles. The van der Waals surface area contributed by atoms with E-state index in [1.807, 2.05) is 19.6 Å². The van der Waals surface area contributed by atoms with Crippen molar-refractivity contribution in [2.45, 2.75) is 40.5 Å². The van der Waals surface area contributed by atoms with Gasteiger partial charge in [0.15, 0.2) is 0 Å². The molecule has 1 saturated heterocycles. The molecular weight excluding hydrogens is 496 g/mol. The summed E-state index contributed by atoms with van der Waals surface area (Å²) < 4.78 is 20.6. The minimum absolute atomic E-state index is 0.159. The molecule has 0 saturated carbocycles. The third-order valence-electron chi connectivity index (χ3n) is 5.99. The molecule has 0 radical (unpaired) electrons. The maximum Gasteiger partial charge on any atom is 0.320 e. The number of carbonyl (C=O) groups is 4. The van der Waals surface area contributed by atoms with Gasteiger partial charge in [0.05, 0.1) is 52.6 Å². The molecule has 38 heavy (non-hydrogen) atoms. The minimum Gasteiger partial charge on any atom is -0.465 e. The highest BCUT2D eigenvalue weighted by atomic mass is 16.5. The van der Waals surface area contributed by atoms with Crippen molar-refractivity contribution >= 4 is 23.9 Å². The van der Waals surface area contributed by atoms with Crippen molar-refractivity contribution in [2.75, 3.05) is 105 Å². The van der Waals surface area contributed by atoms with Crippen molar-refractivity contribution in [3.8, 4) is 0 Å². The lowest BCUT2D eigenvalue weighted by Crippen LogP contribution is -2.45. The summed E-state index contributed by atoms with van der Waals surface area (Å²) in [4.78, 5) is 57.0. The Morgan fingerprint density at radius 2 is 0.632 bits per heavy atom. The molecule has 0 aromatic carbocycles. The van der Waals surface area contributed by atoms with Crippen molar-refractivity contribution in [3.05, 3.63) is 0 Å². The van der Waals surface area contributed by atoms with Crippen LogP contribution in [0.1, 0.15) is 40.5 Å². The first-order chi connectivity index (χ1) is 18.3. The maximum atomic E-state index is 12.2. The second-order valence-electron chi connectivity index (χ2n) is 9.03. The Morgan fingerprint density at radius 3 is 0.816 bits per heavy atom. The molecule has 0 spiro atoms. The van der Waals surface area contributed by atoms with E-state index in [1.54, 1.807) is 27.7 Å². The van der Waals surface area contributed by atoms with E-state index in [9.17, 15) is 19.2 Å². The average molecular weight is 545 g/mol. The number of carbonyl (C=O) groups excluding carboxylic acids is 4. The van der Waals surface area contributed by atoms with Gasteiger partial charge in [-0.15, -0.1) is 0 Å². The van der Waals surface area contributed by atoms with Crippen molar-refractivity contribution < 1.29 is 38.1 Å². The van der Waals surface area contributed by atoms with Gasteiger partial charge in [-0.2, -0.15) is 0 Å². The van der Waals surface area contributed by atoms with Crippen LogP contribution in [0.2, 0.25) is 0 Å². The lowest BCUT2D eigenvalue weighted by molar-refractivity contribution is -0.146. The largest absolute Gasteiger partial charge is 0.465 e. The first-order valence-corrected chi connectivity index (χ1v) is 13.8. The van der Waals surface area contributed by atoms with E-state index in [-0.39, 0.29) is 50.1 Å². The van der Waals surface area contributed by atoms with Gasteiger partial charge in [-0.1, -0.05) is 0 Å². The third kappa shape index (κ3) is 15.9. The quantitative estimate of drug-likeness (QED) is 0.247. The fourth-order valence-electron chi connectivity index (χ4n) is 4.24. The summed E-state index contributed by atoms with van der Waals surface area (Å²) in [5, 5.41) is 0. The summed E-state index contributed by atoms with van der Waals surface area (Å²) in [6, 6.07) is 0. The van der Waals surface area contributed by atoms with Crippen LogP contribution in [0.4, 0.5) is 0 Å². The number of hydrogen-bond acceptors (Lipinski definition) is 12. The van der Waals surface area contributed by atoms with E-state index in [4.69, 9.17) is 18.9 Å². The fourth-order valence-corrected chi connectivity index (χ4v) is 4.24. The fraction of sp³-hybridized carbons (Fsp3) is 0.846. The van der Waals surface area contributed by atoms with Crippen LogP contribution in [-0.4, -0.2) is 148 Å². The first kappa shape index (κ1) is 33.7. The molecule has 12 heteroatoms. The maximum absolute atomic E-state index is 12.2. The number of hydrogen-bond donors (Lipinski definition) is 0. The van der Waals surface area contributed by atoms with Crippen LogP contribution in [0.15, 0.2) is 0 Å². The summed E-state index contributed by atoms with van der Waals surface area (Å²) in [5.74, 6) is -1.15.